The Morgan fingerprint density at radius 2 is 1.65 bits per heavy atom. The highest BCUT2D eigenvalue weighted by Crippen LogP contribution is 2.26. The molecular formula is C21H24N2O2S. The molecule has 3 aromatic rings. The minimum Gasteiger partial charge on any atom is -0.497 e. The average Bonchev–Trinajstić information content (AvgIpc) is 3.12. The molecule has 0 saturated heterocycles. The first kappa shape index (κ1) is 18.4. The van der Waals surface area contributed by atoms with Crippen LogP contribution in [0.2, 0.25) is 0 Å². The lowest BCUT2D eigenvalue weighted by Gasteiger charge is -2.15. The molecule has 2 aromatic carbocycles. The van der Waals surface area contributed by atoms with E-state index in [2.05, 4.69) is 29.5 Å². The number of ether oxygens (including phenoxy) is 2. The van der Waals surface area contributed by atoms with Crippen molar-refractivity contribution in [1.82, 2.24) is 9.88 Å². The van der Waals surface area contributed by atoms with Gasteiger partial charge in [0.1, 0.15) is 16.5 Å². The summed E-state index contributed by atoms with van der Waals surface area (Å²) in [5.74, 6) is 1.78. The van der Waals surface area contributed by atoms with Crippen LogP contribution >= 0.6 is 11.3 Å². The average molecular weight is 369 g/mol. The maximum Gasteiger partial charge on any atom is 0.123 e. The minimum absolute atomic E-state index is 0.694. The van der Waals surface area contributed by atoms with Gasteiger partial charge in [-0.2, -0.15) is 0 Å². The van der Waals surface area contributed by atoms with E-state index >= 15 is 0 Å². The van der Waals surface area contributed by atoms with Crippen molar-refractivity contribution >= 4 is 11.3 Å². The normalized spacial score (nSPS) is 10.9. The van der Waals surface area contributed by atoms with Gasteiger partial charge >= 0.3 is 0 Å². The van der Waals surface area contributed by atoms with E-state index in [4.69, 9.17) is 14.5 Å². The van der Waals surface area contributed by atoms with Gasteiger partial charge in [0.05, 0.1) is 19.4 Å². The molecular weight excluding hydrogens is 344 g/mol. The highest BCUT2D eigenvalue weighted by atomic mass is 32.1. The van der Waals surface area contributed by atoms with E-state index in [1.807, 2.05) is 43.3 Å². The maximum atomic E-state index is 5.49. The summed E-state index contributed by atoms with van der Waals surface area (Å²) in [6.07, 6.45) is 0. The first-order valence-electron chi connectivity index (χ1n) is 8.67. The number of hydrogen-bond acceptors (Lipinski definition) is 5. The summed E-state index contributed by atoms with van der Waals surface area (Å²) in [5, 5.41) is 3.17. The van der Waals surface area contributed by atoms with E-state index in [0.717, 1.165) is 40.9 Å². The number of rotatable bonds is 8. The van der Waals surface area contributed by atoms with Gasteiger partial charge in [-0.3, -0.25) is 4.90 Å². The Hall–Kier alpha value is -2.37. The molecule has 0 atom stereocenters. The molecule has 0 unspecified atom stereocenters. The molecule has 1 aromatic heterocycles. The molecule has 0 bridgehead atoms. The molecule has 0 aliphatic heterocycles. The van der Waals surface area contributed by atoms with Gasteiger partial charge in [-0.15, -0.1) is 11.3 Å². The van der Waals surface area contributed by atoms with Crippen molar-refractivity contribution < 1.29 is 9.47 Å². The molecule has 0 aliphatic carbocycles. The Bertz CT molecular complexity index is 813. The second-order valence-electron chi connectivity index (χ2n) is 6.12. The number of methoxy groups -OCH3 is 1. The van der Waals surface area contributed by atoms with Crippen LogP contribution in [-0.2, 0) is 13.1 Å². The van der Waals surface area contributed by atoms with Gasteiger partial charge < -0.3 is 9.47 Å². The minimum atomic E-state index is 0.694. The van der Waals surface area contributed by atoms with Gasteiger partial charge in [0.15, 0.2) is 0 Å². The quantitative estimate of drug-likeness (QED) is 0.569. The van der Waals surface area contributed by atoms with Crippen molar-refractivity contribution in [2.75, 3.05) is 20.8 Å². The van der Waals surface area contributed by atoms with Gasteiger partial charge in [0.2, 0.25) is 0 Å². The predicted molar refractivity (Wildman–Crippen MR) is 107 cm³/mol. The van der Waals surface area contributed by atoms with Gasteiger partial charge in [-0.25, -0.2) is 4.98 Å². The maximum absolute atomic E-state index is 5.49. The molecule has 136 valence electrons. The van der Waals surface area contributed by atoms with Crippen LogP contribution in [0.15, 0.2) is 53.9 Å². The summed E-state index contributed by atoms with van der Waals surface area (Å²) in [7, 11) is 3.79. The lowest BCUT2D eigenvalue weighted by atomic mass is 10.2. The molecule has 1 heterocycles. The first-order valence-corrected chi connectivity index (χ1v) is 9.55. The Morgan fingerprint density at radius 1 is 0.962 bits per heavy atom. The number of nitrogens with zero attached hydrogens (tertiary/aromatic N) is 2. The van der Waals surface area contributed by atoms with E-state index in [1.165, 1.54) is 5.56 Å². The van der Waals surface area contributed by atoms with Gasteiger partial charge in [0.25, 0.3) is 0 Å². The van der Waals surface area contributed by atoms with E-state index in [1.54, 1.807) is 18.4 Å². The van der Waals surface area contributed by atoms with E-state index < -0.39 is 0 Å². The summed E-state index contributed by atoms with van der Waals surface area (Å²) in [5.41, 5.74) is 3.48. The topological polar surface area (TPSA) is 34.6 Å². The molecule has 4 nitrogen and oxygen atoms in total. The van der Waals surface area contributed by atoms with Crippen LogP contribution in [0.25, 0.3) is 10.6 Å². The number of hydrogen-bond donors (Lipinski definition) is 0. The summed E-state index contributed by atoms with van der Waals surface area (Å²) >= 11 is 1.68. The number of aromatic nitrogens is 1. The van der Waals surface area contributed by atoms with Crippen molar-refractivity contribution in [3.63, 3.8) is 0 Å². The SMILES string of the molecule is CCOc1ccc(CN(C)Cc2csc(-c3ccc(OC)cc3)n2)cc1. The lowest BCUT2D eigenvalue weighted by molar-refractivity contribution is 0.315. The molecule has 3 rings (SSSR count). The fourth-order valence-electron chi connectivity index (χ4n) is 2.75. The molecule has 0 fully saturated rings. The van der Waals surface area contributed by atoms with E-state index in [0.29, 0.717) is 6.61 Å². The second-order valence-corrected chi connectivity index (χ2v) is 6.98. The fourth-order valence-corrected chi connectivity index (χ4v) is 3.56. The van der Waals surface area contributed by atoms with E-state index in [-0.39, 0.29) is 0 Å². The number of thiazole rings is 1. The molecule has 5 heteroatoms. The van der Waals surface area contributed by atoms with Crippen molar-refractivity contribution in [2.24, 2.45) is 0 Å². The van der Waals surface area contributed by atoms with Crippen LogP contribution in [-0.4, -0.2) is 30.6 Å². The zero-order valence-corrected chi connectivity index (χ0v) is 16.3. The monoisotopic (exact) mass is 368 g/mol. The van der Waals surface area contributed by atoms with Crippen LogP contribution in [0.3, 0.4) is 0 Å². The molecule has 0 spiro atoms. The standard InChI is InChI=1S/C21H24N2O2S/c1-4-25-20-9-5-16(6-10-20)13-23(2)14-18-15-26-21(22-18)17-7-11-19(24-3)12-8-17/h5-12,15H,4,13-14H2,1-3H3. The Morgan fingerprint density at radius 3 is 2.31 bits per heavy atom. The summed E-state index contributed by atoms with van der Waals surface area (Å²) in [4.78, 5) is 7.04. The highest BCUT2D eigenvalue weighted by Gasteiger charge is 2.08. The van der Waals surface area contributed by atoms with Crippen molar-refractivity contribution in [1.29, 1.82) is 0 Å². The predicted octanol–water partition coefficient (Wildman–Crippen LogP) is 4.85. The largest absolute Gasteiger partial charge is 0.497 e. The lowest BCUT2D eigenvalue weighted by Crippen LogP contribution is -2.17. The summed E-state index contributed by atoms with van der Waals surface area (Å²) < 4.78 is 10.7. The summed E-state index contributed by atoms with van der Waals surface area (Å²) in [6.45, 7) is 4.39. The van der Waals surface area contributed by atoms with Gasteiger partial charge in [-0.1, -0.05) is 12.1 Å². The molecule has 0 amide bonds. The highest BCUT2D eigenvalue weighted by molar-refractivity contribution is 7.13. The molecule has 0 radical (unpaired) electrons. The Labute approximate surface area is 159 Å². The van der Waals surface area contributed by atoms with Gasteiger partial charge in [0, 0.05) is 24.0 Å². The summed E-state index contributed by atoms with van der Waals surface area (Å²) in [6, 6.07) is 16.3. The third-order valence-corrected chi connectivity index (χ3v) is 4.95. The van der Waals surface area contributed by atoms with Crippen LogP contribution < -0.4 is 9.47 Å². The van der Waals surface area contributed by atoms with Gasteiger partial charge in [-0.05, 0) is 55.9 Å². The molecule has 0 saturated carbocycles. The first-order chi connectivity index (χ1) is 12.7. The van der Waals surface area contributed by atoms with Crippen LogP contribution in [0, 0.1) is 0 Å². The number of benzene rings is 2. The Kier molecular flexibility index (Phi) is 6.26. The van der Waals surface area contributed by atoms with E-state index in [9.17, 15) is 0 Å². The second kappa shape index (κ2) is 8.83. The van der Waals surface area contributed by atoms with Crippen molar-refractivity contribution in [2.45, 2.75) is 20.0 Å². The molecule has 0 aliphatic rings. The third kappa shape index (κ3) is 4.84. The molecule has 26 heavy (non-hydrogen) atoms. The Balaban J connectivity index is 1.59. The van der Waals surface area contributed by atoms with Crippen LogP contribution in [0.1, 0.15) is 18.2 Å². The smallest absolute Gasteiger partial charge is 0.123 e. The van der Waals surface area contributed by atoms with Crippen molar-refractivity contribution in [3.8, 4) is 22.1 Å². The van der Waals surface area contributed by atoms with Crippen molar-refractivity contribution in [3.05, 3.63) is 65.2 Å². The fraction of sp³-hybridized carbons (Fsp3) is 0.286. The van der Waals surface area contributed by atoms with Crippen LogP contribution in [0.5, 0.6) is 11.5 Å². The zero-order valence-electron chi connectivity index (χ0n) is 15.4. The zero-order chi connectivity index (χ0) is 18.4. The third-order valence-electron chi connectivity index (χ3n) is 4.01. The molecule has 0 N–H and O–H groups in total. The van der Waals surface area contributed by atoms with Crippen LogP contribution in [0.4, 0.5) is 0 Å².